The van der Waals surface area contributed by atoms with Gasteiger partial charge in [-0.25, -0.2) is 0 Å². The molecule has 204 valence electrons. The summed E-state index contributed by atoms with van der Waals surface area (Å²) in [6.45, 7) is 0. The Labute approximate surface area is 229 Å². The van der Waals surface area contributed by atoms with Crippen LogP contribution in [0.1, 0.15) is 70.6 Å². The van der Waals surface area contributed by atoms with Crippen LogP contribution in [-0.4, -0.2) is 58.7 Å². The minimum atomic E-state index is -1.09. The third-order valence-electron chi connectivity index (χ3n) is 9.37. The minimum Gasteiger partial charge on any atom is -0.359 e. The van der Waals surface area contributed by atoms with Gasteiger partial charge in [-0.2, -0.15) is 0 Å². The van der Waals surface area contributed by atoms with Gasteiger partial charge in [0.15, 0.2) is 0 Å². The number of nitrogens with one attached hydrogen (secondary N) is 2. The van der Waals surface area contributed by atoms with Gasteiger partial charge in [0.25, 0.3) is 0 Å². The van der Waals surface area contributed by atoms with Crippen LogP contribution in [0.15, 0.2) is 41.3 Å². The summed E-state index contributed by atoms with van der Waals surface area (Å²) in [7, 11) is 0. The van der Waals surface area contributed by atoms with Crippen molar-refractivity contribution in [3.63, 3.8) is 0 Å². The standard InChI is InChI=1S/C30H39N3O4S/c1-38-22-15-9-12-20(18-22)32-27(34)24-23-16-17-30(37-23)25(24)29(36)33(21-13-7-2-3-8-14-21)26(30)28(35)31-19-10-5-4-6-11-19/h9,12,15-19,21,23-26H,2-8,10-11,13-14H2,1H3,(H,31,35)(H,32,34). The summed E-state index contributed by atoms with van der Waals surface area (Å²) in [6, 6.07) is 7.14. The monoisotopic (exact) mass is 537 g/mol. The van der Waals surface area contributed by atoms with Crippen molar-refractivity contribution in [2.24, 2.45) is 11.8 Å². The van der Waals surface area contributed by atoms with Crippen molar-refractivity contribution in [3.8, 4) is 0 Å². The number of hydrogen-bond acceptors (Lipinski definition) is 5. The van der Waals surface area contributed by atoms with Gasteiger partial charge in [0, 0.05) is 22.7 Å². The summed E-state index contributed by atoms with van der Waals surface area (Å²) < 4.78 is 6.55. The Morgan fingerprint density at radius 1 is 1.00 bits per heavy atom. The number of fused-ring (bicyclic) bond motifs is 1. The SMILES string of the molecule is CSc1cccc(NC(=O)C2C3C=CC4(O3)C2C(=O)N(C2CCCCCC2)C4C(=O)NC2CCCCC2)c1. The Balaban J connectivity index is 1.31. The maximum absolute atomic E-state index is 14.3. The first-order valence-corrected chi connectivity index (χ1v) is 15.7. The van der Waals surface area contributed by atoms with Gasteiger partial charge in [-0.15, -0.1) is 11.8 Å². The molecule has 2 saturated heterocycles. The molecule has 2 bridgehead atoms. The molecule has 1 aromatic rings. The van der Waals surface area contributed by atoms with Crippen LogP contribution in [0.4, 0.5) is 5.69 Å². The lowest BCUT2D eigenvalue weighted by atomic mass is 9.74. The van der Waals surface area contributed by atoms with Gasteiger partial charge >= 0.3 is 0 Å². The molecule has 1 aromatic carbocycles. The van der Waals surface area contributed by atoms with Gasteiger partial charge in [0.05, 0.1) is 17.9 Å². The van der Waals surface area contributed by atoms with Crippen molar-refractivity contribution in [1.82, 2.24) is 10.2 Å². The highest BCUT2D eigenvalue weighted by atomic mass is 32.2. The largest absolute Gasteiger partial charge is 0.359 e. The quantitative estimate of drug-likeness (QED) is 0.313. The lowest BCUT2D eigenvalue weighted by Crippen LogP contribution is -2.58. The predicted octanol–water partition coefficient (Wildman–Crippen LogP) is 4.67. The second-order valence-electron chi connectivity index (χ2n) is 11.7. The van der Waals surface area contributed by atoms with Crippen molar-refractivity contribution in [2.45, 2.75) is 105 Å². The van der Waals surface area contributed by atoms with E-state index in [1.165, 1.54) is 6.42 Å². The fraction of sp³-hybridized carbons (Fsp3) is 0.633. The molecule has 6 rings (SSSR count). The van der Waals surface area contributed by atoms with Gasteiger partial charge in [-0.1, -0.05) is 63.2 Å². The summed E-state index contributed by atoms with van der Waals surface area (Å²) in [5, 5.41) is 6.35. The molecular weight excluding hydrogens is 498 g/mol. The molecule has 5 aliphatic rings. The molecule has 7 nitrogen and oxygen atoms in total. The van der Waals surface area contributed by atoms with Gasteiger partial charge in [-0.3, -0.25) is 14.4 Å². The van der Waals surface area contributed by atoms with E-state index in [0.717, 1.165) is 69.1 Å². The van der Waals surface area contributed by atoms with E-state index >= 15 is 0 Å². The molecule has 0 aromatic heterocycles. The van der Waals surface area contributed by atoms with Crippen molar-refractivity contribution >= 4 is 35.2 Å². The van der Waals surface area contributed by atoms with E-state index in [9.17, 15) is 14.4 Å². The van der Waals surface area contributed by atoms with Crippen LogP contribution in [0.25, 0.3) is 0 Å². The van der Waals surface area contributed by atoms with Crippen molar-refractivity contribution < 1.29 is 19.1 Å². The summed E-state index contributed by atoms with van der Waals surface area (Å²) in [5.74, 6) is -1.77. The molecule has 8 heteroatoms. The Morgan fingerprint density at radius 2 is 1.71 bits per heavy atom. The number of benzene rings is 1. The molecule has 2 aliphatic carbocycles. The predicted molar refractivity (Wildman–Crippen MR) is 148 cm³/mol. The Kier molecular flexibility index (Phi) is 7.29. The molecule has 2 N–H and O–H groups in total. The van der Waals surface area contributed by atoms with Crippen molar-refractivity contribution in [3.05, 3.63) is 36.4 Å². The fourth-order valence-electron chi connectivity index (χ4n) is 7.59. The number of likely N-dealkylation sites (tertiary alicyclic amines) is 1. The van der Waals surface area contributed by atoms with Crippen LogP contribution in [0, 0.1) is 11.8 Å². The van der Waals surface area contributed by atoms with Crippen LogP contribution in [-0.2, 0) is 19.1 Å². The highest BCUT2D eigenvalue weighted by Crippen LogP contribution is 2.56. The topological polar surface area (TPSA) is 87.7 Å². The fourth-order valence-corrected chi connectivity index (χ4v) is 8.05. The molecule has 3 heterocycles. The van der Waals surface area contributed by atoms with Crippen LogP contribution >= 0.6 is 11.8 Å². The second kappa shape index (κ2) is 10.7. The zero-order valence-corrected chi connectivity index (χ0v) is 23.0. The number of ether oxygens (including phenoxy) is 1. The third kappa shape index (κ3) is 4.47. The minimum absolute atomic E-state index is 0.00472. The molecule has 5 unspecified atom stereocenters. The van der Waals surface area contributed by atoms with Crippen molar-refractivity contribution in [2.75, 3.05) is 11.6 Å². The van der Waals surface area contributed by atoms with Gasteiger partial charge in [0.2, 0.25) is 17.7 Å². The smallest absolute Gasteiger partial charge is 0.246 e. The van der Waals surface area contributed by atoms with E-state index in [1.807, 2.05) is 47.6 Å². The maximum atomic E-state index is 14.3. The number of carbonyl (C=O) groups is 3. The average molecular weight is 538 g/mol. The first-order chi connectivity index (χ1) is 18.5. The Morgan fingerprint density at radius 3 is 2.45 bits per heavy atom. The molecule has 5 atom stereocenters. The number of rotatable bonds is 6. The lowest BCUT2D eigenvalue weighted by molar-refractivity contribution is -0.144. The summed E-state index contributed by atoms with van der Waals surface area (Å²) >= 11 is 1.61. The number of carbonyl (C=O) groups excluding carboxylic acids is 3. The summed E-state index contributed by atoms with van der Waals surface area (Å²) in [5.41, 5.74) is -0.379. The second-order valence-corrected chi connectivity index (χ2v) is 12.5. The zero-order chi connectivity index (χ0) is 26.3. The highest BCUT2D eigenvalue weighted by Gasteiger charge is 2.73. The summed E-state index contributed by atoms with van der Waals surface area (Å²) in [4.78, 5) is 45.0. The number of amides is 3. The number of hydrogen-bond donors (Lipinski definition) is 2. The summed E-state index contributed by atoms with van der Waals surface area (Å²) in [6.07, 6.45) is 16.9. The number of thioether (sulfide) groups is 1. The highest BCUT2D eigenvalue weighted by molar-refractivity contribution is 7.98. The zero-order valence-electron chi connectivity index (χ0n) is 22.2. The molecule has 0 radical (unpaired) electrons. The van der Waals surface area contributed by atoms with E-state index in [2.05, 4.69) is 10.6 Å². The molecule has 1 spiro atoms. The van der Waals surface area contributed by atoms with E-state index in [-0.39, 0.29) is 29.8 Å². The molecule has 3 amide bonds. The third-order valence-corrected chi connectivity index (χ3v) is 10.1. The van der Waals surface area contributed by atoms with E-state index in [4.69, 9.17) is 4.74 Å². The van der Waals surface area contributed by atoms with E-state index < -0.39 is 29.6 Å². The van der Waals surface area contributed by atoms with Gasteiger partial charge < -0.3 is 20.3 Å². The maximum Gasteiger partial charge on any atom is 0.246 e. The lowest BCUT2D eigenvalue weighted by Gasteiger charge is -2.37. The average Bonchev–Trinajstić information content (AvgIpc) is 3.48. The first kappa shape index (κ1) is 25.9. The van der Waals surface area contributed by atoms with Crippen LogP contribution in [0.2, 0.25) is 0 Å². The van der Waals surface area contributed by atoms with E-state index in [0.29, 0.717) is 5.69 Å². The number of anilines is 1. The Bertz CT molecular complexity index is 1110. The molecule has 4 fully saturated rings. The van der Waals surface area contributed by atoms with Gasteiger partial charge in [-0.05, 0) is 50.1 Å². The van der Waals surface area contributed by atoms with Crippen molar-refractivity contribution in [1.29, 1.82) is 0 Å². The normalized spacial score (nSPS) is 33.3. The molecule has 2 saturated carbocycles. The first-order valence-electron chi connectivity index (χ1n) is 14.5. The van der Waals surface area contributed by atoms with Gasteiger partial charge in [0.1, 0.15) is 11.6 Å². The molecule has 38 heavy (non-hydrogen) atoms. The Hall–Kier alpha value is -2.32. The van der Waals surface area contributed by atoms with Crippen LogP contribution in [0.5, 0.6) is 0 Å². The van der Waals surface area contributed by atoms with E-state index in [1.54, 1.807) is 11.8 Å². The van der Waals surface area contributed by atoms with Crippen LogP contribution in [0.3, 0.4) is 0 Å². The number of nitrogens with zero attached hydrogens (tertiary/aromatic N) is 1. The molecular formula is C30H39N3O4S. The molecule has 3 aliphatic heterocycles. The van der Waals surface area contributed by atoms with Crippen LogP contribution < -0.4 is 10.6 Å².